The molecule has 1 aromatic carbocycles. The van der Waals surface area contributed by atoms with Crippen LogP contribution in [0.5, 0.6) is 0 Å². The Morgan fingerprint density at radius 1 is 1.00 bits per heavy atom. The van der Waals surface area contributed by atoms with E-state index in [1.54, 1.807) is 18.4 Å². The fourth-order valence-corrected chi connectivity index (χ4v) is 4.50. The van der Waals surface area contributed by atoms with Crippen molar-refractivity contribution < 1.29 is 9.21 Å². The van der Waals surface area contributed by atoms with Gasteiger partial charge in [0, 0.05) is 51.4 Å². The minimum Gasteiger partial charge on any atom is -0.459 e. The van der Waals surface area contributed by atoms with Crippen molar-refractivity contribution in [2.75, 3.05) is 37.6 Å². The van der Waals surface area contributed by atoms with E-state index in [-0.39, 0.29) is 5.91 Å². The molecule has 1 saturated heterocycles. The molecule has 0 aliphatic carbocycles. The van der Waals surface area contributed by atoms with Crippen molar-refractivity contribution in [1.29, 1.82) is 0 Å². The Morgan fingerprint density at radius 3 is 2.55 bits per heavy atom. The summed E-state index contributed by atoms with van der Waals surface area (Å²) in [5.41, 5.74) is 3.73. The first-order chi connectivity index (χ1) is 15.2. The van der Waals surface area contributed by atoms with Crippen molar-refractivity contribution in [1.82, 2.24) is 19.8 Å². The first-order valence-corrected chi connectivity index (χ1v) is 10.9. The lowest BCUT2D eigenvalue weighted by molar-refractivity contribution is 0.0714. The van der Waals surface area contributed by atoms with Gasteiger partial charge in [0.1, 0.15) is 11.6 Å². The third-order valence-electron chi connectivity index (χ3n) is 6.08. The lowest BCUT2D eigenvalue weighted by Crippen LogP contribution is -2.49. The predicted octanol–water partition coefficient (Wildman–Crippen LogP) is 2.90. The maximum atomic E-state index is 12.6. The maximum absolute atomic E-state index is 12.6. The number of piperazine rings is 1. The molecule has 0 saturated carbocycles. The van der Waals surface area contributed by atoms with Gasteiger partial charge in [-0.2, -0.15) is 0 Å². The molecular formula is C24H27N5O2. The Labute approximate surface area is 182 Å². The molecule has 2 aliphatic heterocycles. The molecule has 0 spiro atoms. The number of carbonyl (C=O) groups excluding carboxylic acids is 1. The van der Waals surface area contributed by atoms with E-state index in [1.165, 1.54) is 11.1 Å². The van der Waals surface area contributed by atoms with Crippen molar-refractivity contribution in [2.24, 2.45) is 0 Å². The number of aryl methyl sites for hydroxylation is 1. The highest BCUT2D eigenvalue weighted by atomic mass is 16.3. The number of fused-ring (bicyclic) bond motifs is 1. The van der Waals surface area contributed by atoms with Crippen LogP contribution in [0.4, 0.5) is 5.82 Å². The lowest BCUT2D eigenvalue weighted by Gasteiger charge is -2.37. The van der Waals surface area contributed by atoms with Gasteiger partial charge in [0.05, 0.1) is 12.0 Å². The predicted molar refractivity (Wildman–Crippen MR) is 118 cm³/mol. The van der Waals surface area contributed by atoms with Crippen LogP contribution >= 0.6 is 0 Å². The van der Waals surface area contributed by atoms with Gasteiger partial charge in [0.2, 0.25) is 0 Å². The number of nitrogens with zero attached hydrogens (tertiary/aromatic N) is 5. The summed E-state index contributed by atoms with van der Waals surface area (Å²) in [4.78, 5) is 28.8. The van der Waals surface area contributed by atoms with Crippen molar-refractivity contribution in [3.05, 3.63) is 77.1 Å². The summed E-state index contributed by atoms with van der Waals surface area (Å²) in [5, 5.41) is 0. The highest BCUT2D eigenvalue weighted by Crippen LogP contribution is 2.28. The van der Waals surface area contributed by atoms with E-state index < -0.39 is 0 Å². The zero-order valence-electron chi connectivity index (χ0n) is 17.8. The number of rotatable bonds is 4. The molecule has 0 atom stereocenters. The molecule has 0 unspecified atom stereocenters. The van der Waals surface area contributed by atoms with E-state index in [0.29, 0.717) is 18.8 Å². The van der Waals surface area contributed by atoms with E-state index in [2.05, 4.69) is 40.1 Å². The van der Waals surface area contributed by atoms with Gasteiger partial charge < -0.3 is 14.2 Å². The second-order valence-electron chi connectivity index (χ2n) is 8.22. The molecule has 160 valence electrons. The number of hydrogen-bond donors (Lipinski definition) is 0. The number of furan rings is 1. The lowest BCUT2D eigenvalue weighted by atomic mass is 10.0. The second kappa shape index (κ2) is 8.51. The standard InChI is InChI=1S/C24H27N5O2/c1-18-25-21-17-27(16-19-6-3-2-4-7-19)10-9-20(21)23(26-18)28-11-13-29(14-12-28)24(30)22-8-5-15-31-22/h2-8,15H,9-14,16-17H2,1H3. The third kappa shape index (κ3) is 4.18. The summed E-state index contributed by atoms with van der Waals surface area (Å²) in [5.74, 6) is 2.22. The normalized spacial score (nSPS) is 16.9. The summed E-state index contributed by atoms with van der Waals surface area (Å²) in [6.45, 7) is 7.61. The zero-order chi connectivity index (χ0) is 21.2. The summed E-state index contributed by atoms with van der Waals surface area (Å²) in [6.07, 6.45) is 2.49. The van der Waals surface area contributed by atoms with Crippen LogP contribution in [-0.4, -0.2) is 58.4 Å². The molecule has 31 heavy (non-hydrogen) atoms. The number of benzene rings is 1. The molecule has 0 bridgehead atoms. The van der Waals surface area contributed by atoms with Gasteiger partial charge in [-0.15, -0.1) is 0 Å². The van der Waals surface area contributed by atoms with Crippen LogP contribution in [0.3, 0.4) is 0 Å². The van der Waals surface area contributed by atoms with E-state index in [4.69, 9.17) is 14.4 Å². The van der Waals surface area contributed by atoms with Crippen molar-refractivity contribution >= 4 is 11.7 Å². The maximum Gasteiger partial charge on any atom is 0.289 e. The minimum atomic E-state index is -0.0397. The molecular weight excluding hydrogens is 390 g/mol. The molecule has 2 aromatic heterocycles. The first-order valence-electron chi connectivity index (χ1n) is 10.9. The third-order valence-corrected chi connectivity index (χ3v) is 6.08. The minimum absolute atomic E-state index is 0.0397. The molecule has 7 nitrogen and oxygen atoms in total. The Kier molecular flexibility index (Phi) is 5.42. The van der Waals surface area contributed by atoms with Crippen molar-refractivity contribution in [2.45, 2.75) is 26.4 Å². The molecule has 4 heterocycles. The Hall–Kier alpha value is -3.19. The number of anilines is 1. The summed E-state index contributed by atoms with van der Waals surface area (Å²) >= 11 is 0. The van der Waals surface area contributed by atoms with Crippen LogP contribution in [0.25, 0.3) is 0 Å². The van der Waals surface area contributed by atoms with Gasteiger partial charge in [-0.1, -0.05) is 30.3 Å². The van der Waals surface area contributed by atoms with Crippen LogP contribution in [-0.2, 0) is 19.5 Å². The number of aromatic nitrogens is 2. The second-order valence-corrected chi connectivity index (χ2v) is 8.22. The van der Waals surface area contributed by atoms with Gasteiger partial charge in [-0.05, 0) is 31.0 Å². The van der Waals surface area contributed by atoms with E-state index in [0.717, 1.165) is 56.5 Å². The molecule has 1 amide bonds. The van der Waals surface area contributed by atoms with Crippen molar-refractivity contribution in [3.63, 3.8) is 0 Å². The Morgan fingerprint density at radius 2 is 1.81 bits per heavy atom. The molecule has 0 radical (unpaired) electrons. The van der Waals surface area contributed by atoms with Crippen LogP contribution in [0, 0.1) is 6.92 Å². The Bertz CT molecular complexity index is 1040. The summed E-state index contributed by atoms with van der Waals surface area (Å²) < 4.78 is 5.27. The summed E-state index contributed by atoms with van der Waals surface area (Å²) in [6, 6.07) is 14.1. The fraction of sp³-hybridized carbons (Fsp3) is 0.375. The molecule has 1 fully saturated rings. The van der Waals surface area contributed by atoms with Gasteiger partial charge in [0.15, 0.2) is 5.76 Å². The monoisotopic (exact) mass is 417 g/mol. The largest absolute Gasteiger partial charge is 0.459 e. The quantitative estimate of drug-likeness (QED) is 0.650. The smallest absolute Gasteiger partial charge is 0.289 e. The van der Waals surface area contributed by atoms with Crippen LogP contribution < -0.4 is 4.90 Å². The number of amides is 1. The highest BCUT2D eigenvalue weighted by molar-refractivity contribution is 5.91. The van der Waals surface area contributed by atoms with Crippen molar-refractivity contribution in [3.8, 4) is 0 Å². The van der Waals surface area contributed by atoms with Crippen LogP contribution in [0.15, 0.2) is 53.1 Å². The number of carbonyl (C=O) groups is 1. The van der Waals surface area contributed by atoms with Crippen LogP contribution in [0.2, 0.25) is 0 Å². The van der Waals surface area contributed by atoms with Gasteiger partial charge in [0.25, 0.3) is 5.91 Å². The van der Waals surface area contributed by atoms with E-state index >= 15 is 0 Å². The fourth-order valence-electron chi connectivity index (χ4n) is 4.50. The SMILES string of the molecule is Cc1nc2c(c(N3CCN(C(=O)c4ccco4)CC3)n1)CCN(Cc1ccccc1)C2. The van der Waals surface area contributed by atoms with Gasteiger partial charge in [-0.3, -0.25) is 9.69 Å². The molecule has 3 aromatic rings. The van der Waals surface area contributed by atoms with Gasteiger partial charge >= 0.3 is 0 Å². The van der Waals surface area contributed by atoms with E-state index in [1.807, 2.05) is 11.8 Å². The highest BCUT2D eigenvalue weighted by Gasteiger charge is 2.28. The number of hydrogen-bond acceptors (Lipinski definition) is 6. The average molecular weight is 418 g/mol. The molecule has 0 N–H and O–H groups in total. The van der Waals surface area contributed by atoms with Gasteiger partial charge in [-0.25, -0.2) is 9.97 Å². The topological polar surface area (TPSA) is 65.7 Å². The Balaban J connectivity index is 1.29. The molecule has 5 rings (SSSR count). The molecule has 7 heteroatoms. The first kappa shape index (κ1) is 19.8. The zero-order valence-corrected chi connectivity index (χ0v) is 17.8. The summed E-state index contributed by atoms with van der Waals surface area (Å²) in [7, 11) is 0. The average Bonchev–Trinajstić information content (AvgIpc) is 3.34. The van der Waals surface area contributed by atoms with E-state index in [9.17, 15) is 4.79 Å². The molecule has 2 aliphatic rings. The van der Waals surface area contributed by atoms with Crippen LogP contribution in [0.1, 0.15) is 33.2 Å².